The first-order valence-electron chi connectivity index (χ1n) is 8.95. The van der Waals surface area contributed by atoms with E-state index in [0.717, 1.165) is 5.56 Å². The number of amides is 1. The van der Waals surface area contributed by atoms with E-state index in [1.165, 1.54) is 12.5 Å². The number of nitrogens with one attached hydrogen (secondary N) is 1. The van der Waals surface area contributed by atoms with E-state index in [4.69, 9.17) is 4.74 Å². The monoisotopic (exact) mass is 353 g/mol. The standard InChI is InChI=1S/C22H27NO3/c1-14(2)18-9-11-19(12-10-18)15(3)23-22(25)17(5)26-21-8-6-7-20(13-21)16(4)24/h6-15,17H,1-5H3,(H,23,25). The number of ketones is 1. The maximum absolute atomic E-state index is 12.4. The summed E-state index contributed by atoms with van der Waals surface area (Å²) in [5.74, 6) is 0.757. The summed E-state index contributed by atoms with van der Waals surface area (Å²) in [5, 5.41) is 2.97. The Balaban J connectivity index is 1.97. The highest BCUT2D eigenvalue weighted by molar-refractivity contribution is 5.94. The third kappa shape index (κ3) is 5.19. The van der Waals surface area contributed by atoms with Gasteiger partial charge in [-0.2, -0.15) is 0 Å². The molecule has 2 atom stereocenters. The van der Waals surface area contributed by atoms with E-state index < -0.39 is 6.10 Å². The van der Waals surface area contributed by atoms with Gasteiger partial charge in [0, 0.05) is 5.56 Å². The van der Waals surface area contributed by atoms with E-state index in [0.29, 0.717) is 17.2 Å². The van der Waals surface area contributed by atoms with E-state index in [1.54, 1.807) is 31.2 Å². The Hall–Kier alpha value is -2.62. The molecule has 0 radical (unpaired) electrons. The van der Waals surface area contributed by atoms with Gasteiger partial charge in [-0.15, -0.1) is 0 Å². The second kappa shape index (κ2) is 8.65. The van der Waals surface area contributed by atoms with Gasteiger partial charge < -0.3 is 10.1 Å². The van der Waals surface area contributed by atoms with Crippen molar-refractivity contribution in [2.75, 3.05) is 0 Å². The lowest BCUT2D eigenvalue weighted by molar-refractivity contribution is -0.127. The molecule has 0 aliphatic heterocycles. The maximum Gasteiger partial charge on any atom is 0.261 e. The lowest BCUT2D eigenvalue weighted by Crippen LogP contribution is -2.37. The molecule has 2 aromatic rings. The van der Waals surface area contributed by atoms with E-state index in [9.17, 15) is 9.59 Å². The Morgan fingerprint density at radius 1 is 0.923 bits per heavy atom. The van der Waals surface area contributed by atoms with Gasteiger partial charge in [-0.1, -0.05) is 50.2 Å². The number of hydrogen-bond donors (Lipinski definition) is 1. The summed E-state index contributed by atoms with van der Waals surface area (Å²) < 4.78 is 5.69. The van der Waals surface area contributed by atoms with Crippen LogP contribution >= 0.6 is 0 Å². The van der Waals surface area contributed by atoms with E-state index in [2.05, 4.69) is 31.3 Å². The average Bonchev–Trinajstić information content (AvgIpc) is 2.61. The van der Waals surface area contributed by atoms with E-state index >= 15 is 0 Å². The van der Waals surface area contributed by atoms with Crippen molar-refractivity contribution in [3.8, 4) is 5.75 Å². The second-order valence-corrected chi connectivity index (χ2v) is 6.90. The molecule has 0 fully saturated rings. The van der Waals surface area contributed by atoms with Crippen molar-refractivity contribution >= 4 is 11.7 Å². The van der Waals surface area contributed by atoms with Gasteiger partial charge in [0.1, 0.15) is 5.75 Å². The quantitative estimate of drug-likeness (QED) is 0.737. The largest absolute Gasteiger partial charge is 0.481 e. The predicted octanol–water partition coefficient (Wildman–Crippen LogP) is 4.66. The van der Waals surface area contributed by atoms with Gasteiger partial charge in [0.2, 0.25) is 0 Å². The zero-order chi connectivity index (χ0) is 19.3. The summed E-state index contributed by atoms with van der Waals surface area (Å²) in [6.45, 7) is 9.46. The second-order valence-electron chi connectivity index (χ2n) is 6.90. The minimum absolute atomic E-state index is 0.0361. The molecule has 0 saturated heterocycles. The fraction of sp³-hybridized carbons (Fsp3) is 0.364. The van der Waals surface area contributed by atoms with Crippen LogP contribution in [0.25, 0.3) is 0 Å². The van der Waals surface area contributed by atoms with Crippen LogP contribution in [0, 0.1) is 0 Å². The highest BCUT2D eigenvalue weighted by Gasteiger charge is 2.18. The fourth-order valence-corrected chi connectivity index (χ4v) is 2.63. The summed E-state index contributed by atoms with van der Waals surface area (Å²) in [6, 6.07) is 15.0. The molecular weight excluding hydrogens is 326 g/mol. The molecule has 1 N–H and O–H groups in total. The van der Waals surface area contributed by atoms with Gasteiger partial charge in [0.05, 0.1) is 6.04 Å². The van der Waals surface area contributed by atoms with Crippen molar-refractivity contribution < 1.29 is 14.3 Å². The van der Waals surface area contributed by atoms with Gasteiger partial charge in [0.15, 0.2) is 11.9 Å². The summed E-state index contributed by atoms with van der Waals surface area (Å²) in [7, 11) is 0. The Morgan fingerprint density at radius 3 is 2.12 bits per heavy atom. The van der Waals surface area contributed by atoms with Crippen LogP contribution in [0.2, 0.25) is 0 Å². The summed E-state index contributed by atoms with van der Waals surface area (Å²) in [4.78, 5) is 23.9. The maximum atomic E-state index is 12.4. The normalized spacial score (nSPS) is 13.2. The van der Waals surface area contributed by atoms with Crippen LogP contribution in [-0.2, 0) is 4.79 Å². The molecule has 0 aromatic heterocycles. The van der Waals surface area contributed by atoms with Gasteiger partial charge in [-0.05, 0) is 49.9 Å². The molecule has 2 aromatic carbocycles. The minimum Gasteiger partial charge on any atom is -0.481 e. The first kappa shape index (κ1) is 19.7. The SMILES string of the molecule is CC(=O)c1cccc(OC(C)C(=O)NC(C)c2ccc(C(C)C)cc2)c1. The smallest absolute Gasteiger partial charge is 0.261 e. The fourth-order valence-electron chi connectivity index (χ4n) is 2.63. The molecule has 26 heavy (non-hydrogen) atoms. The molecule has 0 saturated carbocycles. The number of carbonyl (C=O) groups is 2. The average molecular weight is 353 g/mol. The Bertz CT molecular complexity index is 765. The summed E-state index contributed by atoms with van der Waals surface area (Å²) in [5.41, 5.74) is 2.89. The van der Waals surface area contributed by atoms with Crippen LogP contribution in [0.1, 0.15) is 68.1 Å². The first-order valence-corrected chi connectivity index (χ1v) is 8.95. The van der Waals surface area contributed by atoms with Crippen molar-refractivity contribution in [3.05, 3.63) is 65.2 Å². The van der Waals surface area contributed by atoms with E-state index in [-0.39, 0.29) is 17.7 Å². The Labute approximate surface area is 155 Å². The molecule has 2 rings (SSSR count). The molecule has 138 valence electrons. The molecular formula is C22H27NO3. The van der Waals surface area contributed by atoms with Crippen LogP contribution in [0.3, 0.4) is 0 Å². The molecule has 0 heterocycles. The predicted molar refractivity (Wildman–Crippen MR) is 104 cm³/mol. The van der Waals surface area contributed by atoms with Gasteiger partial charge >= 0.3 is 0 Å². The van der Waals surface area contributed by atoms with Crippen molar-refractivity contribution in [3.63, 3.8) is 0 Å². The molecule has 4 heteroatoms. The van der Waals surface area contributed by atoms with Crippen LogP contribution in [0.5, 0.6) is 5.75 Å². The lowest BCUT2D eigenvalue weighted by atomic mass is 9.99. The van der Waals surface area contributed by atoms with Crippen molar-refractivity contribution in [1.29, 1.82) is 0 Å². The van der Waals surface area contributed by atoms with Crippen molar-refractivity contribution in [1.82, 2.24) is 5.32 Å². The highest BCUT2D eigenvalue weighted by Crippen LogP contribution is 2.19. The minimum atomic E-state index is -0.658. The van der Waals surface area contributed by atoms with Crippen molar-refractivity contribution in [2.24, 2.45) is 0 Å². The molecule has 4 nitrogen and oxygen atoms in total. The van der Waals surface area contributed by atoms with Crippen LogP contribution in [0.4, 0.5) is 0 Å². The van der Waals surface area contributed by atoms with E-state index in [1.807, 2.05) is 19.1 Å². The first-order chi connectivity index (χ1) is 12.3. The zero-order valence-electron chi connectivity index (χ0n) is 16.1. The molecule has 1 amide bonds. The van der Waals surface area contributed by atoms with Gasteiger partial charge in [0.25, 0.3) is 5.91 Å². The number of benzene rings is 2. The molecule has 0 aliphatic rings. The van der Waals surface area contributed by atoms with Crippen LogP contribution in [-0.4, -0.2) is 17.8 Å². The number of hydrogen-bond acceptors (Lipinski definition) is 3. The summed E-state index contributed by atoms with van der Waals surface area (Å²) in [6.07, 6.45) is -0.658. The molecule has 0 spiro atoms. The highest BCUT2D eigenvalue weighted by atomic mass is 16.5. The molecule has 0 bridgehead atoms. The number of ether oxygens (including phenoxy) is 1. The Kier molecular flexibility index (Phi) is 6.56. The zero-order valence-corrected chi connectivity index (χ0v) is 16.1. The lowest BCUT2D eigenvalue weighted by Gasteiger charge is -2.19. The van der Waals surface area contributed by atoms with Crippen molar-refractivity contribution in [2.45, 2.75) is 52.7 Å². The third-order valence-corrected chi connectivity index (χ3v) is 4.38. The topological polar surface area (TPSA) is 55.4 Å². The van der Waals surface area contributed by atoms with Gasteiger partial charge in [-0.3, -0.25) is 9.59 Å². The summed E-state index contributed by atoms with van der Waals surface area (Å²) >= 11 is 0. The number of carbonyl (C=O) groups excluding carboxylic acids is 2. The van der Waals surface area contributed by atoms with Crippen LogP contribution < -0.4 is 10.1 Å². The number of rotatable bonds is 7. The number of Topliss-reactive ketones (excluding diaryl/α,β-unsaturated/α-hetero) is 1. The van der Waals surface area contributed by atoms with Gasteiger partial charge in [-0.25, -0.2) is 0 Å². The van der Waals surface area contributed by atoms with Crippen LogP contribution in [0.15, 0.2) is 48.5 Å². The Morgan fingerprint density at radius 2 is 1.54 bits per heavy atom. The molecule has 0 aliphatic carbocycles. The molecule has 2 unspecified atom stereocenters. The third-order valence-electron chi connectivity index (χ3n) is 4.38.